The van der Waals surface area contributed by atoms with Crippen LogP contribution in [0.25, 0.3) is 0 Å². The molecule has 0 saturated carbocycles. The van der Waals surface area contributed by atoms with E-state index in [1.807, 2.05) is 24.3 Å². The predicted octanol–water partition coefficient (Wildman–Crippen LogP) is 5.09. The number of anilines is 1. The van der Waals surface area contributed by atoms with Gasteiger partial charge in [0.25, 0.3) is 5.91 Å². The number of benzene rings is 2. The van der Waals surface area contributed by atoms with Crippen LogP contribution in [0.3, 0.4) is 0 Å². The van der Waals surface area contributed by atoms with E-state index < -0.39 is 0 Å². The molecule has 0 spiro atoms. The molecule has 5 heteroatoms. The molecule has 0 heterocycles. The Balaban J connectivity index is 2.23. The fourth-order valence-corrected chi connectivity index (χ4v) is 2.37. The average molecular weight is 359 g/mol. The van der Waals surface area contributed by atoms with Crippen molar-refractivity contribution >= 4 is 50.7 Å². The zero-order valence-electron chi connectivity index (χ0n) is 9.79. The number of halogens is 3. The molecule has 2 rings (SSSR count). The lowest BCUT2D eigenvalue weighted by Gasteiger charge is -2.08. The molecule has 0 unspecified atom stereocenters. The molecule has 98 valence electrons. The summed E-state index contributed by atoms with van der Waals surface area (Å²) in [5, 5.41) is 3.33. The Labute approximate surface area is 129 Å². The van der Waals surface area contributed by atoms with E-state index in [0.717, 1.165) is 5.56 Å². The van der Waals surface area contributed by atoms with Gasteiger partial charge in [0.1, 0.15) is 0 Å². The SMILES string of the molecule is O=C(Nc1cccc(CCl)c1)c1cc(Cl)ccc1Br. The number of hydrogen-bond donors (Lipinski definition) is 1. The van der Waals surface area contributed by atoms with Gasteiger partial charge in [-0.3, -0.25) is 4.79 Å². The van der Waals surface area contributed by atoms with Crippen LogP contribution >= 0.6 is 39.1 Å². The number of rotatable bonds is 3. The monoisotopic (exact) mass is 357 g/mol. The molecule has 2 aromatic rings. The molecule has 2 aromatic carbocycles. The molecule has 1 N–H and O–H groups in total. The Morgan fingerprint density at radius 1 is 1.21 bits per heavy atom. The van der Waals surface area contributed by atoms with Crippen molar-refractivity contribution in [3.63, 3.8) is 0 Å². The highest BCUT2D eigenvalue weighted by Crippen LogP contribution is 2.22. The van der Waals surface area contributed by atoms with E-state index in [-0.39, 0.29) is 5.91 Å². The molecule has 0 aliphatic rings. The molecule has 0 aliphatic heterocycles. The molecule has 0 aliphatic carbocycles. The lowest BCUT2D eigenvalue weighted by atomic mass is 10.2. The van der Waals surface area contributed by atoms with Crippen molar-refractivity contribution in [1.82, 2.24) is 0 Å². The Bertz CT molecular complexity index is 616. The lowest BCUT2D eigenvalue weighted by molar-refractivity contribution is 0.102. The van der Waals surface area contributed by atoms with E-state index in [4.69, 9.17) is 23.2 Å². The number of nitrogens with one attached hydrogen (secondary N) is 1. The van der Waals surface area contributed by atoms with E-state index >= 15 is 0 Å². The first kappa shape index (κ1) is 14.4. The number of amides is 1. The molecule has 19 heavy (non-hydrogen) atoms. The van der Waals surface area contributed by atoms with Crippen LogP contribution in [0.4, 0.5) is 5.69 Å². The topological polar surface area (TPSA) is 29.1 Å². The predicted molar refractivity (Wildman–Crippen MR) is 83.1 cm³/mol. The summed E-state index contributed by atoms with van der Waals surface area (Å²) in [4.78, 5) is 12.2. The highest BCUT2D eigenvalue weighted by atomic mass is 79.9. The van der Waals surface area contributed by atoms with Crippen LogP contribution < -0.4 is 5.32 Å². The summed E-state index contributed by atoms with van der Waals surface area (Å²) in [6.45, 7) is 0. The molecule has 0 saturated heterocycles. The minimum Gasteiger partial charge on any atom is -0.322 e. The quantitative estimate of drug-likeness (QED) is 0.760. The third-order valence-corrected chi connectivity index (χ3v) is 3.75. The Morgan fingerprint density at radius 2 is 2.00 bits per heavy atom. The molecular weight excluding hydrogens is 349 g/mol. The van der Waals surface area contributed by atoms with Gasteiger partial charge in [-0.15, -0.1) is 11.6 Å². The second-order valence-electron chi connectivity index (χ2n) is 3.91. The molecule has 0 atom stereocenters. The summed E-state index contributed by atoms with van der Waals surface area (Å²) in [6, 6.07) is 12.5. The minimum atomic E-state index is -0.221. The summed E-state index contributed by atoms with van der Waals surface area (Å²) in [7, 11) is 0. The highest BCUT2D eigenvalue weighted by molar-refractivity contribution is 9.10. The minimum absolute atomic E-state index is 0.221. The van der Waals surface area contributed by atoms with Crippen LogP contribution in [0.1, 0.15) is 15.9 Å². The zero-order chi connectivity index (χ0) is 13.8. The Morgan fingerprint density at radius 3 is 2.74 bits per heavy atom. The van der Waals surface area contributed by atoms with Gasteiger partial charge in [-0.25, -0.2) is 0 Å². The summed E-state index contributed by atoms with van der Waals surface area (Å²) in [5.74, 6) is 0.186. The third-order valence-electron chi connectivity index (χ3n) is 2.51. The fraction of sp³-hybridized carbons (Fsp3) is 0.0714. The first-order valence-electron chi connectivity index (χ1n) is 5.51. The van der Waals surface area contributed by atoms with Crippen molar-refractivity contribution in [2.24, 2.45) is 0 Å². The fourth-order valence-electron chi connectivity index (χ4n) is 1.60. The van der Waals surface area contributed by atoms with Crippen LogP contribution in [0.5, 0.6) is 0 Å². The van der Waals surface area contributed by atoms with Crippen molar-refractivity contribution in [3.05, 3.63) is 63.1 Å². The van der Waals surface area contributed by atoms with E-state index in [1.54, 1.807) is 18.2 Å². The molecular formula is C14H10BrCl2NO. The normalized spacial score (nSPS) is 10.3. The van der Waals surface area contributed by atoms with E-state index in [2.05, 4.69) is 21.2 Å². The van der Waals surface area contributed by atoms with Crippen molar-refractivity contribution < 1.29 is 4.79 Å². The molecule has 0 radical (unpaired) electrons. The van der Waals surface area contributed by atoms with Gasteiger partial charge in [-0.2, -0.15) is 0 Å². The smallest absolute Gasteiger partial charge is 0.256 e. The van der Waals surface area contributed by atoms with Gasteiger partial charge in [0.2, 0.25) is 0 Å². The Kier molecular flexibility index (Phi) is 4.86. The van der Waals surface area contributed by atoms with E-state index in [9.17, 15) is 4.79 Å². The lowest BCUT2D eigenvalue weighted by Crippen LogP contribution is -2.12. The van der Waals surface area contributed by atoms with Crippen LogP contribution in [-0.2, 0) is 5.88 Å². The molecule has 0 aromatic heterocycles. The zero-order valence-corrected chi connectivity index (χ0v) is 12.9. The van der Waals surface area contributed by atoms with Gasteiger partial charge < -0.3 is 5.32 Å². The number of hydrogen-bond acceptors (Lipinski definition) is 1. The first-order valence-corrected chi connectivity index (χ1v) is 7.22. The van der Waals surface area contributed by atoms with E-state index in [1.165, 1.54) is 0 Å². The number of alkyl halides is 1. The number of carbonyl (C=O) groups is 1. The third kappa shape index (κ3) is 3.72. The maximum atomic E-state index is 12.2. The average Bonchev–Trinajstić information content (AvgIpc) is 2.41. The summed E-state index contributed by atoms with van der Waals surface area (Å²) in [5.41, 5.74) is 2.14. The molecule has 1 amide bonds. The second-order valence-corrected chi connectivity index (χ2v) is 5.47. The maximum Gasteiger partial charge on any atom is 0.256 e. The van der Waals surface area contributed by atoms with Crippen molar-refractivity contribution in [2.75, 3.05) is 5.32 Å². The van der Waals surface area contributed by atoms with E-state index in [0.29, 0.717) is 26.6 Å². The van der Waals surface area contributed by atoms with Gasteiger partial charge in [-0.05, 0) is 51.8 Å². The van der Waals surface area contributed by atoms with Crippen LogP contribution in [0.2, 0.25) is 5.02 Å². The van der Waals surface area contributed by atoms with Gasteiger partial charge in [0.15, 0.2) is 0 Å². The molecule has 0 bridgehead atoms. The Hall–Kier alpha value is -1.03. The summed E-state index contributed by atoms with van der Waals surface area (Å²) in [6.07, 6.45) is 0. The first-order chi connectivity index (χ1) is 9.10. The summed E-state index contributed by atoms with van der Waals surface area (Å²) >= 11 is 15.0. The molecule has 0 fully saturated rings. The van der Waals surface area contributed by atoms with Crippen molar-refractivity contribution in [1.29, 1.82) is 0 Å². The second kappa shape index (κ2) is 6.42. The highest BCUT2D eigenvalue weighted by Gasteiger charge is 2.11. The van der Waals surface area contributed by atoms with Gasteiger partial charge in [0.05, 0.1) is 5.56 Å². The van der Waals surface area contributed by atoms with Crippen LogP contribution in [0, 0.1) is 0 Å². The molecule has 2 nitrogen and oxygen atoms in total. The van der Waals surface area contributed by atoms with Crippen LogP contribution in [0.15, 0.2) is 46.9 Å². The van der Waals surface area contributed by atoms with Gasteiger partial charge in [0, 0.05) is 21.1 Å². The maximum absolute atomic E-state index is 12.2. The summed E-state index contributed by atoms with van der Waals surface area (Å²) < 4.78 is 0.697. The van der Waals surface area contributed by atoms with Gasteiger partial charge >= 0.3 is 0 Å². The van der Waals surface area contributed by atoms with Crippen molar-refractivity contribution in [3.8, 4) is 0 Å². The van der Waals surface area contributed by atoms with Gasteiger partial charge in [-0.1, -0.05) is 23.7 Å². The standard InChI is InChI=1S/C14H10BrCl2NO/c15-13-5-4-10(17)7-12(13)14(19)18-11-3-1-2-9(6-11)8-16/h1-7H,8H2,(H,18,19). The van der Waals surface area contributed by atoms with Crippen LogP contribution in [-0.4, -0.2) is 5.91 Å². The number of carbonyl (C=O) groups excluding carboxylic acids is 1. The largest absolute Gasteiger partial charge is 0.322 e. The van der Waals surface area contributed by atoms with Crippen molar-refractivity contribution in [2.45, 2.75) is 5.88 Å².